The lowest BCUT2D eigenvalue weighted by molar-refractivity contribution is 0.0879. The standard InChI is InChI=1S/C12H9NO2S/c14-11-9-5-4-8(3-1-2-6-16)7-10(9)12(15)13-11/h4-5,7,16H,2,6H2,(H,13,14,15). The number of benzene rings is 1. The van der Waals surface area contributed by atoms with Crippen molar-refractivity contribution >= 4 is 24.4 Å². The predicted molar refractivity (Wildman–Crippen MR) is 63.6 cm³/mol. The highest BCUT2D eigenvalue weighted by Gasteiger charge is 2.26. The molecule has 2 amide bonds. The second-order valence-electron chi connectivity index (χ2n) is 3.32. The van der Waals surface area contributed by atoms with Crippen molar-refractivity contribution in [2.45, 2.75) is 6.42 Å². The van der Waals surface area contributed by atoms with Gasteiger partial charge in [-0.1, -0.05) is 11.8 Å². The monoisotopic (exact) mass is 231 g/mol. The van der Waals surface area contributed by atoms with Crippen molar-refractivity contribution in [2.75, 3.05) is 5.75 Å². The molecule has 80 valence electrons. The molecule has 3 nitrogen and oxygen atoms in total. The number of hydrogen-bond donors (Lipinski definition) is 2. The summed E-state index contributed by atoms with van der Waals surface area (Å²) >= 11 is 4.05. The SMILES string of the molecule is O=C1NC(=O)c2cc(C#CCCS)ccc21. The number of rotatable bonds is 1. The molecule has 0 unspecified atom stereocenters. The average Bonchev–Trinajstić information content (AvgIpc) is 2.55. The Morgan fingerprint density at radius 2 is 1.94 bits per heavy atom. The van der Waals surface area contributed by atoms with Crippen molar-refractivity contribution < 1.29 is 9.59 Å². The molecule has 0 saturated heterocycles. The molecule has 1 aromatic carbocycles. The molecule has 1 N–H and O–H groups in total. The minimum absolute atomic E-state index is 0.338. The highest BCUT2D eigenvalue weighted by molar-refractivity contribution is 7.80. The Labute approximate surface area is 98.6 Å². The maximum absolute atomic E-state index is 11.4. The molecule has 1 heterocycles. The number of carbonyl (C=O) groups is 2. The van der Waals surface area contributed by atoms with Crippen LogP contribution >= 0.6 is 12.6 Å². The summed E-state index contributed by atoms with van der Waals surface area (Å²) in [5.41, 5.74) is 1.57. The van der Waals surface area contributed by atoms with Crippen LogP contribution in [0.25, 0.3) is 0 Å². The highest BCUT2D eigenvalue weighted by atomic mass is 32.1. The van der Waals surface area contributed by atoms with Crippen molar-refractivity contribution in [3.05, 3.63) is 34.9 Å². The fourth-order valence-corrected chi connectivity index (χ4v) is 1.58. The van der Waals surface area contributed by atoms with Crippen molar-refractivity contribution in [3.63, 3.8) is 0 Å². The van der Waals surface area contributed by atoms with Crippen molar-refractivity contribution in [2.24, 2.45) is 0 Å². The molecular formula is C12H9NO2S. The Morgan fingerprint density at radius 3 is 2.69 bits per heavy atom. The first kappa shape index (κ1) is 10.8. The maximum Gasteiger partial charge on any atom is 0.258 e. The van der Waals surface area contributed by atoms with Crippen LogP contribution in [0.5, 0.6) is 0 Å². The zero-order chi connectivity index (χ0) is 11.5. The topological polar surface area (TPSA) is 46.2 Å². The Balaban J connectivity index is 2.34. The van der Waals surface area contributed by atoms with Crippen molar-refractivity contribution in [1.29, 1.82) is 0 Å². The molecule has 0 fully saturated rings. The predicted octanol–water partition coefficient (Wildman–Crippen LogP) is 1.24. The number of nitrogens with one attached hydrogen (secondary N) is 1. The molecule has 1 aliphatic heterocycles. The zero-order valence-corrected chi connectivity index (χ0v) is 9.30. The van der Waals surface area contributed by atoms with E-state index in [4.69, 9.17) is 0 Å². The summed E-state index contributed by atoms with van der Waals surface area (Å²) in [7, 11) is 0. The lowest BCUT2D eigenvalue weighted by atomic mass is 10.1. The Hall–Kier alpha value is -1.73. The van der Waals surface area contributed by atoms with Crippen LogP contribution in [0.3, 0.4) is 0 Å². The number of amides is 2. The molecule has 1 aliphatic rings. The average molecular weight is 231 g/mol. The fraction of sp³-hybridized carbons (Fsp3) is 0.167. The molecule has 0 saturated carbocycles. The number of carbonyl (C=O) groups excluding carboxylic acids is 2. The van der Waals surface area contributed by atoms with Crippen LogP contribution in [0.2, 0.25) is 0 Å². The third-order valence-corrected chi connectivity index (χ3v) is 2.43. The molecule has 0 bridgehead atoms. The largest absolute Gasteiger partial charge is 0.288 e. The zero-order valence-electron chi connectivity index (χ0n) is 8.41. The van der Waals surface area contributed by atoms with Crippen molar-refractivity contribution in [1.82, 2.24) is 5.32 Å². The smallest absolute Gasteiger partial charge is 0.258 e. The van der Waals surface area contributed by atoms with Crippen LogP contribution in [-0.2, 0) is 0 Å². The van der Waals surface area contributed by atoms with Crippen LogP contribution in [0.15, 0.2) is 18.2 Å². The van der Waals surface area contributed by atoms with Gasteiger partial charge in [0.25, 0.3) is 11.8 Å². The van der Waals surface area contributed by atoms with Gasteiger partial charge < -0.3 is 0 Å². The van der Waals surface area contributed by atoms with E-state index in [1.165, 1.54) is 0 Å². The van der Waals surface area contributed by atoms with Gasteiger partial charge in [0.1, 0.15) is 0 Å². The summed E-state index contributed by atoms with van der Waals surface area (Å²) in [6.07, 6.45) is 0.700. The Bertz CT molecular complexity index is 526. The van der Waals surface area contributed by atoms with Gasteiger partial charge >= 0.3 is 0 Å². The Kier molecular flexibility index (Phi) is 2.97. The van der Waals surface area contributed by atoms with E-state index in [0.717, 1.165) is 5.56 Å². The first-order chi connectivity index (χ1) is 7.72. The number of imide groups is 1. The quantitative estimate of drug-likeness (QED) is 0.434. The molecule has 0 spiro atoms. The van der Waals surface area contributed by atoms with E-state index in [2.05, 4.69) is 29.8 Å². The van der Waals surface area contributed by atoms with Gasteiger partial charge in [0.15, 0.2) is 0 Å². The minimum atomic E-state index is -0.349. The molecule has 0 aromatic heterocycles. The second kappa shape index (κ2) is 4.42. The summed E-state index contributed by atoms with van der Waals surface area (Å²) in [4.78, 5) is 22.6. The third-order valence-electron chi connectivity index (χ3n) is 2.21. The van der Waals surface area contributed by atoms with Gasteiger partial charge in [-0.05, 0) is 18.2 Å². The van der Waals surface area contributed by atoms with Gasteiger partial charge in [-0.3, -0.25) is 14.9 Å². The number of hydrogen-bond acceptors (Lipinski definition) is 3. The molecule has 4 heteroatoms. The maximum atomic E-state index is 11.4. The van der Waals surface area contributed by atoms with E-state index >= 15 is 0 Å². The Morgan fingerprint density at radius 1 is 1.19 bits per heavy atom. The summed E-state index contributed by atoms with van der Waals surface area (Å²) in [5, 5.41) is 2.24. The van der Waals surface area contributed by atoms with E-state index < -0.39 is 0 Å². The molecule has 16 heavy (non-hydrogen) atoms. The molecule has 1 aromatic rings. The van der Waals surface area contributed by atoms with Gasteiger partial charge in [-0.15, -0.1) is 0 Å². The third kappa shape index (κ3) is 1.95. The lowest BCUT2D eigenvalue weighted by Crippen LogP contribution is -2.19. The second-order valence-corrected chi connectivity index (χ2v) is 3.77. The van der Waals surface area contributed by atoms with Gasteiger partial charge in [0.05, 0.1) is 11.1 Å². The number of thiol groups is 1. The first-order valence-corrected chi connectivity index (χ1v) is 5.45. The lowest BCUT2D eigenvalue weighted by Gasteiger charge is -1.94. The highest BCUT2D eigenvalue weighted by Crippen LogP contribution is 2.16. The normalized spacial score (nSPS) is 12.8. The van der Waals surface area contributed by atoms with E-state index in [1.54, 1.807) is 18.2 Å². The van der Waals surface area contributed by atoms with Crippen LogP contribution < -0.4 is 5.32 Å². The fourth-order valence-electron chi connectivity index (χ4n) is 1.47. The van der Waals surface area contributed by atoms with E-state index in [0.29, 0.717) is 23.3 Å². The van der Waals surface area contributed by atoms with Crippen LogP contribution in [0, 0.1) is 11.8 Å². The molecule has 0 aliphatic carbocycles. The molecular weight excluding hydrogens is 222 g/mol. The first-order valence-electron chi connectivity index (χ1n) is 4.82. The van der Waals surface area contributed by atoms with Crippen LogP contribution in [0.1, 0.15) is 32.7 Å². The van der Waals surface area contributed by atoms with Gasteiger partial charge in [0.2, 0.25) is 0 Å². The van der Waals surface area contributed by atoms with Gasteiger partial charge in [0, 0.05) is 17.7 Å². The van der Waals surface area contributed by atoms with E-state index in [9.17, 15) is 9.59 Å². The van der Waals surface area contributed by atoms with E-state index in [1.807, 2.05) is 0 Å². The van der Waals surface area contributed by atoms with Crippen LogP contribution in [0.4, 0.5) is 0 Å². The summed E-state index contributed by atoms with van der Waals surface area (Å²) < 4.78 is 0. The molecule has 0 radical (unpaired) electrons. The summed E-state index contributed by atoms with van der Waals surface area (Å²) in [6, 6.07) is 5.00. The molecule has 0 atom stereocenters. The number of fused-ring (bicyclic) bond motifs is 1. The van der Waals surface area contributed by atoms with Crippen LogP contribution in [-0.4, -0.2) is 17.6 Å². The van der Waals surface area contributed by atoms with Gasteiger partial charge in [-0.25, -0.2) is 0 Å². The van der Waals surface area contributed by atoms with Crippen molar-refractivity contribution in [3.8, 4) is 11.8 Å². The summed E-state index contributed by atoms with van der Waals surface area (Å²) in [6.45, 7) is 0. The minimum Gasteiger partial charge on any atom is -0.288 e. The molecule has 2 rings (SSSR count). The van der Waals surface area contributed by atoms with E-state index in [-0.39, 0.29) is 11.8 Å². The summed E-state index contributed by atoms with van der Waals surface area (Å²) in [5.74, 6) is 5.86. The van der Waals surface area contributed by atoms with Gasteiger partial charge in [-0.2, -0.15) is 12.6 Å².